The molecule has 0 saturated carbocycles. The zero-order valence-corrected chi connectivity index (χ0v) is 20.2. The van der Waals surface area contributed by atoms with Gasteiger partial charge in [0, 0.05) is 25.6 Å². The lowest BCUT2D eigenvalue weighted by Crippen LogP contribution is -2.35. The number of methoxy groups -OCH3 is 1. The van der Waals surface area contributed by atoms with Crippen LogP contribution in [-0.2, 0) is 27.5 Å². The van der Waals surface area contributed by atoms with Crippen LogP contribution in [0.3, 0.4) is 0 Å². The van der Waals surface area contributed by atoms with Gasteiger partial charge in [-0.3, -0.25) is 4.79 Å². The Morgan fingerprint density at radius 3 is 2.33 bits per heavy atom. The minimum absolute atomic E-state index is 0.0106. The maximum Gasteiger partial charge on any atom is 0.416 e. The number of nitrogens with one attached hydrogen (secondary N) is 1. The highest BCUT2D eigenvalue weighted by Crippen LogP contribution is 2.38. The van der Waals surface area contributed by atoms with E-state index in [1.165, 1.54) is 43.5 Å². The van der Waals surface area contributed by atoms with Crippen molar-refractivity contribution in [3.63, 3.8) is 0 Å². The first-order valence-electron chi connectivity index (χ1n) is 11.2. The summed E-state index contributed by atoms with van der Waals surface area (Å²) in [5, 5.41) is 2.81. The molecule has 1 fully saturated rings. The Morgan fingerprint density at radius 2 is 1.69 bits per heavy atom. The van der Waals surface area contributed by atoms with Crippen LogP contribution >= 0.6 is 0 Å². The Morgan fingerprint density at radius 1 is 1.00 bits per heavy atom. The van der Waals surface area contributed by atoms with Crippen molar-refractivity contribution in [2.24, 2.45) is 5.92 Å². The molecule has 0 radical (unpaired) electrons. The Labute approximate surface area is 207 Å². The fourth-order valence-electron chi connectivity index (χ4n) is 4.33. The van der Waals surface area contributed by atoms with Crippen LogP contribution < -0.4 is 10.1 Å². The van der Waals surface area contributed by atoms with E-state index in [1.54, 1.807) is 0 Å². The molecule has 10 heteroatoms. The number of amides is 1. The third-order valence-electron chi connectivity index (χ3n) is 6.27. The molecule has 3 aromatic carbocycles. The van der Waals surface area contributed by atoms with Gasteiger partial charge in [0.05, 0.1) is 23.5 Å². The van der Waals surface area contributed by atoms with E-state index in [2.05, 4.69) is 5.32 Å². The summed E-state index contributed by atoms with van der Waals surface area (Å²) in [5.74, 6) is -1.56. The van der Waals surface area contributed by atoms with Crippen LogP contribution in [0.5, 0.6) is 5.75 Å². The number of halogens is 3. The van der Waals surface area contributed by atoms with Gasteiger partial charge < -0.3 is 10.1 Å². The van der Waals surface area contributed by atoms with Crippen LogP contribution in [0.4, 0.5) is 13.2 Å². The molecule has 3 aromatic rings. The molecular weight excluding hydrogens is 493 g/mol. The van der Waals surface area contributed by atoms with Gasteiger partial charge in [0.1, 0.15) is 5.75 Å². The summed E-state index contributed by atoms with van der Waals surface area (Å²) in [6.45, 7) is -0.0638. The highest BCUT2D eigenvalue weighted by molar-refractivity contribution is 7.89. The van der Waals surface area contributed by atoms with E-state index in [9.17, 15) is 26.4 Å². The fraction of sp³-hybridized carbons (Fsp3) is 0.269. The van der Waals surface area contributed by atoms with Gasteiger partial charge in [-0.25, -0.2) is 8.42 Å². The molecule has 1 N–H and O–H groups in total. The number of hydrogen-bond donors (Lipinski definition) is 1. The van der Waals surface area contributed by atoms with Crippen LogP contribution in [0.2, 0.25) is 0 Å². The topological polar surface area (TPSA) is 75.7 Å². The van der Waals surface area contributed by atoms with Gasteiger partial charge in [0.15, 0.2) is 0 Å². The summed E-state index contributed by atoms with van der Waals surface area (Å²) >= 11 is 0. The Hall–Kier alpha value is -3.37. The number of rotatable bonds is 7. The highest BCUT2D eigenvalue weighted by atomic mass is 32.2. The number of sulfonamides is 1. The second-order valence-corrected chi connectivity index (χ2v) is 10.5. The maximum absolute atomic E-state index is 13.4. The largest absolute Gasteiger partial charge is 0.497 e. The van der Waals surface area contributed by atoms with Gasteiger partial charge in [-0.15, -0.1) is 0 Å². The second kappa shape index (κ2) is 10.3. The van der Waals surface area contributed by atoms with Crippen molar-refractivity contribution >= 4 is 15.9 Å². The molecule has 0 aromatic heterocycles. The molecule has 36 heavy (non-hydrogen) atoms. The minimum atomic E-state index is -4.56. The first kappa shape index (κ1) is 25.7. The van der Waals surface area contributed by atoms with Gasteiger partial charge >= 0.3 is 6.18 Å². The summed E-state index contributed by atoms with van der Waals surface area (Å²) in [4.78, 5) is 13.2. The molecule has 190 valence electrons. The number of hydrogen-bond acceptors (Lipinski definition) is 4. The average molecular weight is 519 g/mol. The molecule has 1 aliphatic rings. The van der Waals surface area contributed by atoms with Gasteiger partial charge in [-0.05, 0) is 41.5 Å². The number of carbonyl (C=O) groups excluding carboxylic acids is 1. The molecule has 0 unspecified atom stereocenters. The van der Waals surface area contributed by atoms with E-state index in [0.717, 1.165) is 22.0 Å². The molecule has 4 rings (SSSR count). The smallest absolute Gasteiger partial charge is 0.416 e. The molecule has 0 aliphatic carbocycles. The summed E-state index contributed by atoms with van der Waals surface area (Å²) in [7, 11) is -2.54. The van der Waals surface area contributed by atoms with Crippen LogP contribution in [0.1, 0.15) is 22.6 Å². The van der Waals surface area contributed by atoms with Gasteiger partial charge in [-0.1, -0.05) is 48.5 Å². The van der Waals surface area contributed by atoms with Crippen molar-refractivity contribution in [3.8, 4) is 5.75 Å². The third kappa shape index (κ3) is 5.55. The Balaban J connectivity index is 1.64. The summed E-state index contributed by atoms with van der Waals surface area (Å²) < 4.78 is 73.1. The van der Waals surface area contributed by atoms with E-state index in [4.69, 9.17) is 4.74 Å². The van der Waals surface area contributed by atoms with Gasteiger partial charge in [-0.2, -0.15) is 17.5 Å². The maximum atomic E-state index is 13.4. The van der Waals surface area contributed by atoms with Gasteiger partial charge in [0.2, 0.25) is 15.9 Å². The molecule has 1 heterocycles. The van der Waals surface area contributed by atoms with Gasteiger partial charge in [0.25, 0.3) is 0 Å². The van der Waals surface area contributed by atoms with E-state index < -0.39 is 39.5 Å². The molecule has 1 saturated heterocycles. The second-order valence-electron chi connectivity index (χ2n) is 8.54. The highest BCUT2D eigenvalue weighted by Gasteiger charge is 2.44. The van der Waals surface area contributed by atoms with Crippen LogP contribution in [0, 0.1) is 5.92 Å². The van der Waals surface area contributed by atoms with Crippen LogP contribution in [0.25, 0.3) is 0 Å². The Bertz CT molecular complexity index is 1310. The fourth-order valence-corrected chi connectivity index (χ4v) is 5.82. The monoisotopic (exact) mass is 518 g/mol. The molecular formula is C26H25F3N2O4S. The lowest BCUT2D eigenvalue weighted by Gasteiger charge is -2.19. The van der Waals surface area contributed by atoms with Crippen molar-refractivity contribution in [2.45, 2.75) is 23.5 Å². The number of nitrogens with zero attached hydrogens (tertiary/aromatic N) is 1. The third-order valence-corrected chi connectivity index (χ3v) is 8.12. The predicted molar refractivity (Wildman–Crippen MR) is 128 cm³/mol. The molecule has 1 amide bonds. The van der Waals surface area contributed by atoms with Crippen molar-refractivity contribution in [3.05, 3.63) is 95.6 Å². The quantitative estimate of drug-likeness (QED) is 0.502. The Kier molecular flexibility index (Phi) is 7.37. The van der Waals surface area contributed by atoms with Crippen molar-refractivity contribution in [1.82, 2.24) is 9.62 Å². The molecule has 0 bridgehead atoms. The number of carbonyl (C=O) groups is 1. The van der Waals surface area contributed by atoms with Crippen LogP contribution in [0.15, 0.2) is 83.8 Å². The van der Waals surface area contributed by atoms with E-state index in [-0.39, 0.29) is 30.1 Å². The zero-order chi connectivity index (χ0) is 25.9. The van der Waals surface area contributed by atoms with E-state index in [1.807, 2.05) is 30.3 Å². The normalized spacial score (nSPS) is 18.7. The minimum Gasteiger partial charge on any atom is -0.497 e. The molecule has 0 spiro atoms. The predicted octanol–water partition coefficient (Wildman–Crippen LogP) is 4.43. The SMILES string of the molecule is COc1ccc(S(=O)(=O)N2C[C@H](C(=O)NCc3ccccc3)[C@H](c3cccc(C(F)(F)F)c3)C2)cc1. The summed E-state index contributed by atoms with van der Waals surface area (Å²) in [6, 6.07) is 19.7. The zero-order valence-electron chi connectivity index (χ0n) is 19.4. The van der Waals surface area contributed by atoms with E-state index >= 15 is 0 Å². The summed E-state index contributed by atoms with van der Waals surface area (Å²) in [6.07, 6.45) is -4.56. The molecule has 2 atom stereocenters. The van der Waals surface area contributed by atoms with Crippen molar-refractivity contribution in [2.75, 3.05) is 20.2 Å². The first-order valence-corrected chi connectivity index (χ1v) is 12.7. The summed E-state index contributed by atoms with van der Waals surface area (Å²) in [5.41, 5.74) is 0.263. The lowest BCUT2D eigenvalue weighted by molar-refractivity contribution is -0.137. The first-order chi connectivity index (χ1) is 17.1. The number of alkyl halides is 3. The van der Waals surface area contributed by atoms with Crippen LogP contribution in [-0.4, -0.2) is 38.8 Å². The number of benzene rings is 3. The van der Waals surface area contributed by atoms with E-state index in [0.29, 0.717) is 5.75 Å². The number of ether oxygens (including phenoxy) is 1. The lowest BCUT2D eigenvalue weighted by atomic mass is 9.87. The molecule has 6 nitrogen and oxygen atoms in total. The van der Waals surface area contributed by atoms with Crippen molar-refractivity contribution in [1.29, 1.82) is 0 Å². The molecule has 1 aliphatic heterocycles. The average Bonchev–Trinajstić information content (AvgIpc) is 3.34. The van der Waals surface area contributed by atoms with Crippen molar-refractivity contribution < 1.29 is 31.1 Å². The standard InChI is InChI=1S/C26H25F3N2O4S/c1-35-21-10-12-22(13-11-21)36(33,34)31-16-23(19-8-5-9-20(14-19)26(27,28)29)24(17-31)25(32)30-15-18-6-3-2-4-7-18/h2-14,23-24H,15-17H2,1H3,(H,30,32)/t23-,24-/m0/s1.